The van der Waals surface area contributed by atoms with Crippen LogP contribution in [0.25, 0.3) is 5.57 Å². The first kappa shape index (κ1) is 24.2. The minimum absolute atomic E-state index is 0.141. The third-order valence-electron chi connectivity index (χ3n) is 4.97. The highest BCUT2D eigenvalue weighted by molar-refractivity contribution is 7.99. The number of pyridine rings is 1. The molecule has 1 N–H and O–H groups in total. The third-order valence-corrected chi connectivity index (χ3v) is 6.51. The number of hydrogen-bond donors (Lipinski definition) is 1. The van der Waals surface area contributed by atoms with E-state index in [2.05, 4.69) is 32.2 Å². The van der Waals surface area contributed by atoms with E-state index in [0.717, 1.165) is 32.2 Å². The Hall–Kier alpha value is -2.49. The number of hydrogen-bond acceptors (Lipinski definition) is 3. The summed E-state index contributed by atoms with van der Waals surface area (Å²) in [6.07, 6.45) is 2.74. The summed E-state index contributed by atoms with van der Waals surface area (Å²) in [5, 5.41) is 1.58. The zero-order chi connectivity index (χ0) is 23.1. The van der Waals surface area contributed by atoms with Gasteiger partial charge in [-0.15, -0.1) is 0 Å². The molecule has 2 atom stereocenters. The number of nitrogens with zero attached hydrogens (tertiary/aromatic N) is 1. The van der Waals surface area contributed by atoms with Crippen LogP contribution < -0.4 is 5.32 Å². The first-order valence-electron chi connectivity index (χ1n) is 10.5. The van der Waals surface area contributed by atoms with Gasteiger partial charge in [-0.1, -0.05) is 51.8 Å². The smallest absolute Gasteiger partial charge is 0.251 e. The topological polar surface area (TPSA) is 42.0 Å². The minimum atomic E-state index is -1.29. The Morgan fingerprint density at radius 1 is 1.16 bits per heavy atom. The van der Waals surface area contributed by atoms with Gasteiger partial charge >= 0.3 is 0 Å². The summed E-state index contributed by atoms with van der Waals surface area (Å²) in [5.74, 6) is -0.141. The van der Waals surface area contributed by atoms with Gasteiger partial charge in [-0.25, -0.2) is 4.39 Å². The molecule has 3 aromatic rings. The standard InChI is InChI=1S/C26H28FN2OPS/c1-18-17-20(25(30)29-16-8-14-26(3,27)31)12-13-23(18)32-24-11-5-4-9-21(24)19(2)22-10-6-7-15-28-22/h4-7,9-13,15,17H,2,8,14,16,31H2,1,3H3,(H,29,30). The van der Waals surface area contributed by atoms with Crippen LogP contribution in [-0.4, -0.2) is 22.8 Å². The summed E-state index contributed by atoms with van der Waals surface area (Å²) < 4.78 is 13.5. The maximum Gasteiger partial charge on any atom is 0.251 e. The van der Waals surface area contributed by atoms with Gasteiger partial charge in [0.15, 0.2) is 0 Å². The molecule has 166 valence electrons. The number of rotatable bonds is 9. The number of alkyl halides is 1. The summed E-state index contributed by atoms with van der Waals surface area (Å²) in [5.41, 5.74) is 4.37. The van der Waals surface area contributed by atoms with Crippen LogP contribution in [0, 0.1) is 6.92 Å². The molecule has 3 nitrogen and oxygen atoms in total. The van der Waals surface area contributed by atoms with E-state index in [4.69, 9.17) is 0 Å². The Bertz CT molecular complexity index is 1100. The summed E-state index contributed by atoms with van der Waals surface area (Å²) in [4.78, 5) is 19.0. The van der Waals surface area contributed by atoms with E-state index in [-0.39, 0.29) is 5.91 Å². The van der Waals surface area contributed by atoms with Gasteiger partial charge in [0.25, 0.3) is 5.91 Å². The molecular weight excluding hydrogens is 438 g/mol. The molecule has 2 aromatic carbocycles. The average Bonchev–Trinajstić information content (AvgIpc) is 2.78. The molecule has 0 aliphatic heterocycles. The monoisotopic (exact) mass is 466 g/mol. The molecule has 0 radical (unpaired) electrons. The Balaban J connectivity index is 1.70. The first-order valence-corrected chi connectivity index (χ1v) is 11.9. The summed E-state index contributed by atoms with van der Waals surface area (Å²) in [7, 11) is 2.18. The second kappa shape index (κ2) is 10.9. The molecule has 6 heteroatoms. The Kier molecular flexibility index (Phi) is 8.22. The van der Waals surface area contributed by atoms with E-state index in [0.29, 0.717) is 24.9 Å². The van der Waals surface area contributed by atoms with Crippen molar-refractivity contribution in [2.24, 2.45) is 0 Å². The van der Waals surface area contributed by atoms with E-state index in [1.807, 2.05) is 61.5 Å². The lowest BCUT2D eigenvalue weighted by Crippen LogP contribution is -2.25. The molecule has 0 spiro atoms. The predicted molar refractivity (Wildman–Crippen MR) is 135 cm³/mol. The van der Waals surface area contributed by atoms with Gasteiger partial charge in [0.2, 0.25) is 0 Å². The van der Waals surface area contributed by atoms with Crippen molar-refractivity contribution in [2.75, 3.05) is 6.54 Å². The fraction of sp³-hybridized carbons (Fsp3) is 0.231. The van der Waals surface area contributed by atoms with Gasteiger partial charge in [0.1, 0.15) is 5.41 Å². The summed E-state index contributed by atoms with van der Waals surface area (Å²) in [6.45, 7) is 8.22. The Labute approximate surface area is 196 Å². The largest absolute Gasteiger partial charge is 0.352 e. The van der Waals surface area contributed by atoms with Crippen LogP contribution in [0.15, 0.2) is 83.2 Å². The van der Waals surface area contributed by atoms with E-state index in [1.165, 1.54) is 6.92 Å². The number of nitrogens with one attached hydrogen (secondary N) is 1. The van der Waals surface area contributed by atoms with Crippen LogP contribution in [0.1, 0.15) is 46.9 Å². The number of benzene rings is 2. The van der Waals surface area contributed by atoms with Crippen molar-refractivity contribution >= 4 is 32.5 Å². The molecular formula is C26H28FN2OPS. The van der Waals surface area contributed by atoms with Crippen molar-refractivity contribution in [1.29, 1.82) is 0 Å². The maximum atomic E-state index is 13.5. The highest BCUT2D eigenvalue weighted by Gasteiger charge is 2.15. The van der Waals surface area contributed by atoms with Crippen molar-refractivity contribution < 1.29 is 9.18 Å². The number of aryl methyl sites for hydroxylation is 1. The number of carbonyl (C=O) groups excluding carboxylic acids is 1. The zero-order valence-corrected chi connectivity index (χ0v) is 20.4. The fourth-order valence-electron chi connectivity index (χ4n) is 3.25. The molecule has 1 amide bonds. The average molecular weight is 467 g/mol. The van der Waals surface area contributed by atoms with E-state index < -0.39 is 5.41 Å². The Morgan fingerprint density at radius 3 is 2.59 bits per heavy atom. The molecule has 1 aromatic heterocycles. The predicted octanol–water partition coefficient (Wildman–Crippen LogP) is 6.67. The molecule has 0 saturated carbocycles. The van der Waals surface area contributed by atoms with Crippen LogP contribution in [0.2, 0.25) is 0 Å². The van der Waals surface area contributed by atoms with Crippen LogP contribution in [0.3, 0.4) is 0 Å². The van der Waals surface area contributed by atoms with E-state index in [1.54, 1.807) is 18.0 Å². The lowest BCUT2D eigenvalue weighted by Gasteiger charge is -2.14. The quantitative estimate of drug-likeness (QED) is 0.283. The van der Waals surface area contributed by atoms with Crippen molar-refractivity contribution in [3.63, 3.8) is 0 Å². The van der Waals surface area contributed by atoms with Gasteiger partial charge in [0, 0.05) is 33.7 Å². The molecule has 0 aliphatic rings. The number of halogens is 1. The lowest BCUT2D eigenvalue weighted by atomic mass is 10.0. The zero-order valence-electron chi connectivity index (χ0n) is 18.4. The molecule has 2 unspecified atom stereocenters. The summed E-state index contributed by atoms with van der Waals surface area (Å²) >= 11 is 1.64. The third kappa shape index (κ3) is 6.75. The van der Waals surface area contributed by atoms with Crippen LogP contribution in [0.5, 0.6) is 0 Å². The lowest BCUT2D eigenvalue weighted by molar-refractivity contribution is 0.0951. The molecule has 0 bridgehead atoms. The van der Waals surface area contributed by atoms with E-state index in [9.17, 15) is 9.18 Å². The molecule has 3 rings (SSSR count). The Morgan fingerprint density at radius 2 is 1.91 bits per heavy atom. The highest BCUT2D eigenvalue weighted by Crippen LogP contribution is 2.36. The van der Waals surface area contributed by atoms with Crippen molar-refractivity contribution in [3.8, 4) is 0 Å². The van der Waals surface area contributed by atoms with Crippen LogP contribution in [0.4, 0.5) is 4.39 Å². The number of carbonyl (C=O) groups is 1. The van der Waals surface area contributed by atoms with E-state index >= 15 is 0 Å². The van der Waals surface area contributed by atoms with Crippen molar-refractivity contribution in [3.05, 3.63) is 95.8 Å². The van der Waals surface area contributed by atoms with Crippen LogP contribution >= 0.6 is 21.0 Å². The second-order valence-corrected chi connectivity index (χ2v) is 10.2. The van der Waals surface area contributed by atoms with Gasteiger partial charge in [-0.2, -0.15) is 0 Å². The first-order chi connectivity index (χ1) is 15.2. The summed E-state index contributed by atoms with van der Waals surface area (Å²) in [6, 6.07) is 19.6. The maximum absolute atomic E-state index is 13.5. The highest BCUT2D eigenvalue weighted by atomic mass is 32.2. The van der Waals surface area contributed by atoms with Gasteiger partial charge in [-0.05, 0) is 74.2 Å². The minimum Gasteiger partial charge on any atom is -0.352 e. The van der Waals surface area contributed by atoms with Crippen LogP contribution in [-0.2, 0) is 0 Å². The van der Waals surface area contributed by atoms with Crippen molar-refractivity contribution in [2.45, 2.75) is 41.9 Å². The molecule has 32 heavy (non-hydrogen) atoms. The molecule has 0 aliphatic carbocycles. The van der Waals surface area contributed by atoms with Gasteiger partial charge in [-0.3, -0.25) is 9.78 Å². The second-order valence-electron chi connectivity index (χ2n) is 7.91. The molecule has 1 heterocycles. The molecule has 0 saturated heterocycles. The SMILES string of the molecule is C=C(c1ccccn1)c1ccccc1Sc1ccc(C(=O)NCCCC(C)(F)P)cc1C. The van der Waals surface area contributed by atoms with Gasteiger partial charge < -0.3 is 5.32 Å². The van der Waals surface area contributed by atoms with Gasteiger partial charge in [0.05, 0.1) is 5.69 Å². The van der Waals surface area contributed by atoms with Crippen molar-refractivity contribution in [1.82, 2.24) is 10.3 Å². The fourth-order valence-corrected chi connectivity index (χ4v) is 4.49. The number of amides is 1. The number of aromatic nitrogens is 1. The normalized spacial score (nSPS) is 12.8. The molecule has 0 fully saturated rings.